The number of nitriles is 1. The van der Waals surface area contributed by atoms with Crippen LogP contribution in [0.15, 0.2) is 12.1 Å². The number of carbonyl (C=O) groups is 1. The number of nitrogens with two attached hydrogens (primary N) is 2. The van der Waals surface area contributed by atoms with Gasteiger partial charge in [0.25, 0.3) is 5.91 Å². The lowest BCUT2D eigenvalue weighted by molar-refractivity contribution is -0.119. The minimum atomic E-state index is -0.574. The van der Waals surface area contributed by atoms with Gasteiger partial charge < -0.3 is 16.2 Å². The zero-order valence-electron chi connectivity index (χ0n) is 7.66. The molecule has 1 amide bonds. The van der Waals surface area contributed by atoms with Crippen LogP contribution in [0.2, 0.25) is 0 Å². The quantitative estimate of drug-likeness (QED) is 0.630. The molecule has 6 heteroatoms. The molecule has 0 radical (unpaired) electrons. The van der Waals surface area contributed by atoms with Crippen molar-refractivity contribution in [3.63, 3.8) is 0 Å². The summed E-state index contributed by atoms with van der Waals surface area (Å²) in [4.78, 5) is 10.5. The van der Waals surface area contributed by atoms with Gasteiger partial charge in [0.2, 0.25) is 0 Å². The minimum Gasteiger partial charge on any atom is -0.481 e. The molecule has 0 saturated heterocycles. The first kappa shape index (κ1) is 11.6. The van der Waals surface area contributed by atoms with E-state index in [2.05, 4.69) is 0 Å². The molecular weight excluding hydrogens is 309 g/mol. The number of hydrogen-bond donors (Lipinski definition) is 2. The standard InChI is InChI=1S/C9H8IN3O2/c10-6-1-5(3-11)2-7(12)9(6)15-4-8(13)14/h1-2H,4,12H2,(H2,13,14). The van der Waals surface area contributed by atoms with E-state index in [1.807, 2.05) is 28.7 Å². The summed E-state index contributed by atoms with van der Waals surface area (Å²) in [5.41, 5.74) is 11.4. The SMILES string of the molecule is N#Cc1cc(N)c(OCC(N)=O)c(I)c1. The Hall–Kier alpha value is -1.49. The highest BCUT2D eigenvalue weighted by atomic mass is 127. The van der Waals surface area contributed by atoms with Crippen molar-refractivity contribution in [2.24, 2.45) is 5.73 Å². The highest BCUT2D eigenvalue weighted by molar-refractivity contribution is 14.1. The number of primary amides is 1. The van der Waals surface area contributed by atoms with E-state index >= 15 is 0 Å². The molecule has 0 aromatic heterocycles. The largest absolute Gasteiger partial charge is 0.481 e. The Morgan fingerprint density at radius 2 is 2.27 bits per heavy atom. The van der Waals surface area contributed by atoms with E-state index in [0.717, 1.165) is 0 Å². The molecule has 0 heterocycles. The second-order valence-corrected chi connectivity index (χ2v) is 3.91. The Kier molecular flexibility index (Phi) is 3.74. The smallest absolute Gasteiger partial charge is 0.255 e. The number of ether oxygens (including phenoxy) is 1. The van der Waals surface area contributed by atoms with Crippen LogP contribution < -0.4 is 16.2 Å². The van der Waals surface area contributed by atoms with Crippen LogP contribution in [0.1, 0.15) is 5.56 Å². The normalized spacial score (nSPS) is 9.33. The van der Waals surface area contributed by atoms with Crippen molar-refractivity contribution < 1.29 is 9.53 Å². The molecule has 0 fully saturated rings. The molecule has 0 saturated carbocycles. The molecule has 0 aliphatic heterocycles. The third-order valence-electron chi connectivity index (χ3n) is 1.56. The third kappa shape index (κ3) is 2.99. The maximum Gasteiger partial charge on any atom is 0.255 e. The van der Waals surface area contributed by atoms with Gasteiger partial charge in [0.15, 0.2) is 12.4 Å². The van der Waals surface area contributed by atoms with Gasteiger partial charge in [-0.2, -0.15) is 5.26 Å². The Morgan fingerprint density at radius 3 is 2.73 bits per heavy atom. The zero-order chi connectivity index (χ0) is 11.4. The molecule has 5 nitrogen and oxygen atoms in total. The predicted molar refractivity (Wildman–Crippen MR) is 63.0 cm³/mol. The lowest BCUT2D eigenvalue weighted by Crippen LogP contribution is -2.20. The second-order valence-electron chi connectivity index (χ2n) is 2.74. The van der Waals surface area contributed by atoms with Gasteiger partial charge in [-0.15, -0.1) is 0 Å². The van der Waals surface area contributed by atoms with Gasteiger partial charge in [0.1, 0.15) is 0 Å². The van der Waals surface area contributed by atoms with Crippen LogP contribution in [-0.4, -0.2) is 12.5 Å². The van der Waals surface area contributed by atoms with Gasteiger partial charge >= 0.3 is 0 Å². The van der Waals surface area contributed by atoms with Gasteiger partial charge in [0, 0.05) is 0 Å². The molecule has 0 aliphatic carbocycles. The van der Waals surface area contributed by atoms with Crippen molar-refractivity contribution >= 4 is 34.2 Å². The maximum absolute atomic E-state index is 10.5. The number of anilines is 1. The highest BCUT2D eigenvalue weighted by Gasteiger charge is 2.09. The molecule has 1 aromatic carbocycles. The number of benzene rings is 1. The fraction of sp³-hybridized carbons (Fsp3) is 0.111. The van der Waals surface area contributed by atoms with Crippen molar-refractivity contribution in [2.45, 2.75) is 0 Å². The summed E-state index contributed by atoms with van der Waals surface area (Å²) < 4.78 is 5.78. The average molecular weight is 317 g/mol. The van der Waals surface area contributed by atoms with Crippen molar-refractivity contribution in [1.82, 2.24) is 0 Å². The Labute approximate surface area is 100 Å². The fourth-order valence-corrected chi connectivity index (χ4v) is 1.78. The van der Waals surface area contributed by atoms with E-state index in [0.29, 0.717) is 20.6 Å². The van der Waals surface area contributed by atoms with Crippen molar-refractivity contribution in [1.29, 1.82) is 5.26 Å². The first-order chi connectivity index (χ1) is 7.04. The number of amides is 1. The van der Waals surface area contributed by atoms with Crippen molar-refractivity contribution in [3.05, 3.63) is 21.3 Å². The Bertz CT molecular complexity index is 416. The monoisotopic (exact) mass is 317 g/mol. The van der Waals surface area contributed by atoms with Gasteiger partial charge in [-0.05, 0) is 34.7 Å². The van der Waals surface area contributed by atoms with Crippen LogP contribution in [0.25, 0.3) is 0 Å². The number of rotatable bonds is 3. The summed E-state index contributed by atoms with van der Waals surface area (Å²) in [7, 11) is 0. The summed E-state index contributed by atoms with van der Waals surface area (Å²) in [6.45, 7) is -0.230. The predicted octanol–water partition coefficient (Wildman–Crippen LogP) is 0.609. The van der Waals surface area contributed by atoms with Crippen LogP contribution in [0, 0.1) is 14.9 Å². The average Bonchev–Trinajstić information content (AvgIpc) is 2.15. The summed E-state index contributed by atoms with van der Waals surface area (Å²) >= 11 is 1.97. The first-order valence-corrected chi connectivity index (χ1v) is 5.02. The number of hydrogen-bond acceptors (Lipinski definition) is 4. The fourth-order valence-electron chi connectivity index (χ4n) is 0.975. The topological polar surface area (TPSA) is 102 Å². The summed E-state index contributed by atoms with van der Waals surface area (Å²) in [6, 6.07) is 5.07. The van der Waals surface area contributed by atoms with Crippen LogP contribution in [-0.2, 0) is 4.79 Å². The Balaban J connectivity index is 2.99. The van der Waals surface area contributed by atoms with Gasteiger partial charge in [-0.1, -0.05) is 0 Å². The zero-order valence-corrected chi connectivity index (χ0v) is 9.82. The highest BCUT2D eigenvalue weighted by Crippen LogP contribution is 2.29. The minimum absolute atomic E-state index is 0.230. The number of nitrogen functional groups attached to an aromatic ring is 1. The maximum atomic E-state index is 10.5. The number of halogens is 1. The lowest BCUT2D eigenvalue weighted by Gasteiger charge is -2.09. The molecule has 0 spiro atoms. The molecule has 1 rings (SSSR count). The third-order valence-corrected chi connectivity index (χ3v) is 2.36. The van der Waals surface area contributed by atoms with E-state index in [1.54, 1.807) is 6.07 Å². The van der Waals surface area contributed by atoms with E-state index in [4.69, 9.17) is 21.5 Å². The van der Waals surface area contributed by atoms with Crippen LogP contribution in [0.5, 0.6) is 5.75 Å². The molecule has 0 atom stereocenters. The van der Waals surface area contributed by atoms with Crippen LogP contribution in [0.4, 0.5) is 5.69 Å². The molecule has 0 unspecified atom stereocenters. The number of carbonyl (C=O) groups excluding carboxylic acids is 1. The van der Waals surface area contributed by atoms with Gasteiger partial charge in [-0.25, -0.2) is 0 Å². The van der Waals surface area contributed by atoms with E-state index < -0.39 is 5.91 Å². The van der Waals surface area contributed by atoms with E-state index in [1.165, 1.54) is 6.07 Å². The molecular formula is C9H8IN3O2. The lowest BCUT2D eigenvalue weighted by atomic mass is 10.2. The van der Waals surface area contributed by atoms with Crippen molar-refractivity contribution in [2.75, 3.05) is 12.3 Å². The summed E-state index contributed by atoms with van der Waals surface area (Å²) in [5, 5.41) is 8.67. The van der Waals surface area contributed by atoms with Crippen LogP contribution >= 0.6 is 22.6 Å². The first-order valence-electron chi connectivity index (χ1n) is 3.95. The summed E-state index contributed by atoms with van der Waals surface area (Å²) in [6.07, 6.45) is 0. The van der Waals surface area contributed by atoms with Crippen molar-refractivity contribution in [3.8, 4) is 11.8 Å². The molecule has 1 aromatic rings. The second kappa shape index (κ2) is 4.84. The molecule has 0 aliphatic rings. The molecule has 15 heavy (non-hydrogen) atoms. The summed E-state index contributed by atoms with van der Waals surface area (Å²) in [5.74, 6) is -0.192. The van der Waals surface area contributed by atoms with E-state index in [-0.39, 0.29) is 6.61 Å². The molecule has 4 N–H and O–H groups in total. The number of nitrogens with zero attached hydrogens (tertiary/aromatic N) is 1. The van der Waals surface area contributed by atoms with Gasteiger partial charge in [0.05, 0.1) is 20.9 Å². The van der Waals surface area contributed by atoms with Gasteiger partial charge in [-0.3, -0.25) is 4.79 Å². The molecule has 78 valence electrons. The van der Waals surface area contributed by atoms with Crippen LogP contribution in [0.3, 0.4) is 0 Å². The Morgan fingerprint density at radius 1 is 1.60 bits per heavy atom. The molecule has 0 bridgehead atoms. The van der Waals surface area contributed by atoms with E-state index in [9.17, 15) is 4.79 Å².